The monoisotopic (exact) mass is 491 g/mol. The standard InChI is InChI=1S/C26H20F3N5O2/c27-26(28,29)17-7-5-16(6-8-17)20-3-1-2-4-21(20)25(35)34-19-11-9-18(10-12-19)33-24-22-23(31-15-32-24)30-13-14-36-22/h1-12,15H,13-14H2,(H,34,35)(H2,30,31,32,33). The van der Waals surface area contributed by atoms with Crippen LogP contribution >= 0.6 is 0 Å². The molecule has 1 aromatic heterocycles. The lowest BCUT2D eigenvalue weighted by Gasteiger charge is -2.20. The highest BCUT2D eigenvalue weighted by Gasteiger charge is 2.30. The van der Waals surface area contributed by atoms with E-state index in [4.69, 9.17) is 4.74 Å². The molecule has 36 heavy (non-hydrogen) atoms. The summed E-state index contributed by atoms with van der Waals surface area (Å²) in [5.74, 6) is 1.31. The molecule has 0 atom stereocenters. The minimum Gasteiger partial charge on any atom is -0.485 e. The number of fused-ring (bicyclic) bond motifs is 1. The Hall–Kier alpha value is -4.60. The summed E-state index contributed by atoms with van der Waals surface area (Å²) in [6.45, 7) is 1.17. The summed E-state index contributed by atoms with van der Waals surface area (Å²) in [5.41, 5.74) is 1.93. The summed E-state index contributed by atoms with van der Waals surface area (Å²) in [6, 6.07) is 18.5. The molecule has 3 N–H and O–H groups in total. The number of rotatable bonds is 5. The van der Waals surface area contributed by atoms with Crippen molar-refractivity contribution < 1.29 is 22.7 Å². The molecule has 0 aliphatic carbocycles. The SMILES string of the molecule is O=C(Nc1ccc(Nc2ncnc3c2OCCN3)cc1)c1ccccc1-c1ccc(C(F)(F)F)cc1. The third kappa shape index (κ3) is 4.92. The zero-order chi connectivity index (χ0) is 25.1. The molecule has 1 aliphatic rings. The Balaban J connectivity index is 1.31. The molecule has 1 aliphatic heterocycles. The van der Waals surface area contributed by atoms with Crippen molar-refractivity contribution in [2.75, 3.05) is 29.1 Å². The summed E-state index contributed by atoms with van der Waals surface area (Å²) in [6.07, 6.45) is -2.99. The Morgan fingerprint density at radius 1 is 0.917 bits per heavy atom. The van der Waals surface area contributed by atoms with Gasteiger partial charge >= 0.3 is 6.18 Å². The van der Waals surface area contributed by atoms with E-state index in [1.54, 1.807) is 48.5 Å². The molecule has 4 aromatic rings. The van der Waals surface area contributed by atoms with Gasteiger partial charge in [0.2, 0.25) is 5.75 Å². The van der Waals surface area contributed by atoms with Crippen molar-refractivity contribution in [3.63, 3.8) is 0 Å². The lowest BCUT2D eigenvalue weighted by molar-refractivity contribution is -0.137. The van der Waals surface area contributed by atoms with Crippen LogP contribution in [0.25, 0.3) is 11.1 Å². The quantitative estimate of drug-likeness (QED) is 0.319. The average Bonchev–Trinajstić information content (AvgIpc) is 2.89. The number of hydrogen-bond acceptors (Lipinski definition) is 6. The number of nitrogens with zero attached hydrogens (tertiary/aromatic N) is 2. The fourth-order valence-electron chi connectivity index (χ4n) is 3.79. The summed E-state index contributed by atoms with van der Waals surface area (Å²) in [5, 5.41) is 9.17. The van der Waals surface area contributed by atoms with Gasteiger partial charge in [-0.3, -0.25) is 4.79 Å². The van der Waals surface area contributed by atoms with Gasteiger partial charge in [0.25, 0.3) is 5.91 Å². The van der Waals surface area contributed by atoms with Crippen molar-refractivity contribution in [1.82, 2.24) is 9.97 Å². The Labute approximate surface area is 204 Å². The minimum atomic E-state index is -4.42. The fraction of sp³-hybridized carbons (Fsp3) is 0.115. The number of carbonyl (C=O) groups excluding carboxylic acids is 1. The molecule has 10 heteroatoms. The van der Waals surface area contributed by atoms with E-state index in [0.29, 0.717) is 52.9 Å². The lowest BCUT2D eigenvalue weighted by atomic mass is 9.98. The molecule has 0 fully saturated rings. The maximum Gasteiger partial charge on any atom is 0.416 e. The number of halogens is 3. The molecule has 182 valence electrons. The smallest absolute Gasteiger partial charge is 0.416 e. The second kappa shape index (κ2) is 9.57. The predicted molar refractivity (Wildman–Crippen MR) is 131 cm³/mol. The van der Waals surface area contributed by atoms with Gasteiger partial charge in [-0.15, -0.1) is 0 Å². The Bertz CT molecular complexity index is 1390. The van der Waals surface area contributed by atoms with Gasteiger partial charge in [0, 0.05) is 16.9 Å². The van der Waals surface area contributed by atoms with Crippen LogP contribution < -0.4 is 20.7 Å². The van der Waals surface area contributed by atoms with E-state index in [0.717, 1.165) is 17.8 Å². The first-order valence-electron chi connectivity index (χ1n) is 11.1. The maximum absolute atomic E-state index is 13.0. The van der Waals surface area contributed by atoms with Crippen LogP contribution in [-0.4, -0.2) is 29.0 Å². The van der Waals surface area contributed by atoms with Gasteiger partial charge in [0.05, 0.1) is 12.1 Å². The number of anilines is 4. The Kier molecular flexibility index (Phi) is 6.16. The normalized spacial score (nSPS) is 12.6. The fourth-order valence-corrected chi connectivity index (χ4v) is 3.79. The molecule has 7 nitrogen and oxygen atoms in total. The highest BCUT2D eigenvalue weighted by molar-refractivity contribution is 6.08. The topological polar surface area (TPSA) is 88.2 Å². The minimum absolute atomic E-state index is 0.344. The van der Waals surface area contributed by atoms with E-state index >= 15 is 0 Å². The molecular formula is C26H20F3N5O2. The number of hydrogen-bond donors (Lipinski definition) is 3. The third-order valence-corrected chi connectivity index (χ3v) is 5.55. The van der Waals surface area contributed by atoms with Crippen LogP contribution in [0.5, 0.6) is 5.75 Å². The van der Waals surface area contributed by atoms with E-state index in [-0.39, 0.29) is 5.91 Å². The molecule has 0 unspecified atom stereocenters. The highest BCUT2D eigenvalue weighted by Crippen LogP contribution is 2.34. The van der Waals surface area contributed by atoms with Crippen LogP contribution in [0.4, 0.5) is 36.2 Å². The van der Waals surface area contributed by atoms with Crippen LogP contribution in [0.3, 0.4) is 0 Å². The first-order chi connectivity index (χ1) is 17.4. The molecule has 1 amide bonds. The molecule has 2 heterocycles. The van der Waals surface area contributed by atoms with Gasteiger partial charge in [-0.1, -0.05) is 30.3 Å². The zero-order valence-electron chi connectivity index (χ0n) is 18.8. The highest BCUT2D eigenvalue weighted by atomic mass is 19.4. The number of aromatic nitrogens is 2. The van der Waals surface area contributed by atoms with Crippen molar-refractivity contribution in [1.29, 1.82) is 0 Å². The maximum atomic E-state index is 13.0. The van der Waals surface area contributed by atoms with Crippen molar-refractivity contribution in [2.24, 2.45) is 0 Å². The summed E-state index contributed by atoms with van der Waals surface area (Å²) < 4.78 is 44.4. The van der Waals surface area contributed by atoms with Crippen molar-refractivity contribution in [3.8, 4) is 16.9 Å². The summed E-state index contributed by atoms with van der Waals surface area (Å²) in [7, 11) is 0. The zero-order valence-corrected chi connectivity index (χ0v) is 18.8. The van der Waals surface area contributed by atoms with Crippen LogP contribution in [0.15, 0.2) is 79.1 Å². The molecule has 0 bridgehead atoms. The average molecular weight is 491 g/mol. The first-order valence-corrected chi connectivity index (χ1v) is 11.1. The number of alkyl halides is 3. The van der Waals surface area contributed by atoms with Crippen molar-refractivity contribution in [3.05, 3.63) is 90.3 Å². The molecule has 0 saturated heterocycles. The summed E-state index contributed by atoms with van der Waals surface area (Å²) >= 11 is 0. The summed E-state index contributed by atoms with van der Waals surface area (Å²) in [4.78, 5) is 21.4. The Morgan fingerprint density at radius 2 is 1.64 bits per heavy atom. The second-order valence-corrected chi connectivity index (χ2v) is 7.95. The largest absolute Gasteiger partial charge is 0.485 e. The van der Waals surface area contributed by atoms with E-state index in [1.807, 2.05) is 0 Å². The third-order valence-electron chi connectivity index (χ3n) is 5.55. The van der Waals surface area contributed by atoms with E-state index < -0.39 is 11.7 Å². The van der Waals surface area contributed by atoms with Crippen molar-refractivity contribution >= 4 is 28.9 Å². The number of nitrogens with one attached hydrogen (secondary N) is 3. The molecule has 5 rings (SSSR count). The first kappa shape index (κ1) is 23.2. The molecular weight excluding hydrogens is 471 g/mol. The Morgan fingerprint density at radius 3 is 2.39 bits per heavy atom. The van der Waals surface area contributed by atoms with Gasteiger partial charge in [-0.2, -0.15) is 13.2 Å². The molecule has 0 spiro atoms. The van der Waals surface area contributed by atoms with Crippen LogP contribution in [-0.2, 0) is 6.18 Å². The number of amides is 1. The van der Waals surface area contributed by atoms with E-state index in [1.165, 1.54) is 18.5 Å². The lowest BCUT2D eigenvalue weighted by Crippen LogP contribution is -2.20. The van der Waals surface area contributed by atoms with Gasteiger partial charge in [-0.05, 0) is 53.6 Å². The van der Waals surface area contributed by atoms with Gasteiger partial charge in [0.1, 0.15) is 12.9 Å². The number of carbonyl (C=O) groups is 1. The van der Waals surface area contributed by atoms with Gasteiger partial charge < -0.3 is 20.7 Å². The second-order valence-electron chi connectivity index (χ2n) is 7.95. The van der Waals surface area contributed by atoms with E-state index in [9.17, 15) is 18.0 Å². The number of benzene rings is 3. The van der Waals surface area contributed by atoms with Crippen LogP contribution in [0.1, 0.15) is 15.9 Å². The van der Waals surface area contributed by atoms with E-state index in [2.05, 4.69) is 25.9 Å². The number of ether oxygens (including phenoxy) is 1. The van der Waals surface area contributed by atoms with Crippen LogP contribution in [0, 0.1) is 0 Å². The van der Waals surface area contributed by atoms with Crippen molar-refractivity contribution in [2.45, 2.75) is 6.18 Å². The van der Waals surface area contributed by atoms with Gasteiger partial charge in [-0.25, -0.2) is 9.97 Å². The molecule has 3 aromatic carbocycles. The molecule has 0 radical (unpaired) electrons. The molecule has 0 saturated carbocycles. The van der Waals surface area contributed by atoms with Gasteiger partial charge in [0.15, 0.2) is 11.6 Å². The predicted octanol–water partition coefficient (Wildman–Crippen LogP) is 5.96. The van der Waals surface area contributed by atoms with Crippen LogP contribution in [0.2, 0.25) is 0 Å².